The van der Waals surface area contributed by atoms with E-state index in [0.717, 1.165) is 18.0 Å². The summed E-state index contributed by atoms with van der Waals surface area (Å²) in [6.07, 6.45) is 5.93. The summed E-state index contributed by atoms with van der Waals surface area (Å²) in [5, 5.41) is 7.03. The molecule has 3 aromatic heterocycles. The Bertz CT molecular complexity index is 967. The van der Waals surface area contributed by atoms with Crippen LogP contribution in [0.1, 0.15) is 19.8 Å². The molecule has 9 heteroatoms. The van der Waals surface area contributed by atoms with Crippen LogP contribution in [0.5, 0.6) is 11.5 Å². The first-order chi connectivity index (χ1) is 13.6. The van der Waals surface area contributed by atoms with E-state index in [4.69, 9.17) is 15.2 Å². The number of nitrogens with one attached hydrogen (secondary N) is 1. The summed E-state index contributed by atoms with van der Waals surface area (Å²) in [5.74, 6) is 2.59. The fourth-order valence-corrected chi connectivity index (χ4v) is 2.66. The molecule has 4 rings (SSSR count). The first-order valence-electron chi connectivity index (χ1n) is 9.21. The van der Waals surface area contributed by atoms with Crippen molar-refractivity contribution in [2.75, 3.05) is 13.2 Å². The number of aromatic nitrogens is 4. The molecule has 0 unspecified atom stereocenters. The Morgan fingerprint density at radius 1 is 1.29 bits per heavy atom. The largest absolute Gasteiger partial charge is 0.492 e. The zero-order chi connectivity index (χ0) is 19.5. The standard InChI is InChI=1S/C19H22N6O3/c1-12(22-19(20)26)10-27-14-4-6-16(21-8-14)18-23-17-7-5-15(9-25(17)24-18)28-11-13-2-3-13/h4-9,12-13H,2-3,10-11H2,1H3,(H3,20,22,26)/t12-/m0/s1. The second-order valence-electron chi connectivity index (χ2n) is 6.96. The Hall–Kier alpha value is -3.36. The normalized spacial score (nSPS) is 14.6. The predicted molar refractivity (Wildman–Crippen MR) is 102 cm³/mol. The average molecular weight is 382 g/mol. The van der Waals surface area contributed by atoms with Gasteiger partial charge in [0.15, 0.2) is 5.65 Å². The molecule has 9 nitrogen and oxygen atoms in total. The van der Waals surface area contributed by atoms with E-state index in [-0.39, 0.29) is 6.04 Å². The molecule has 1 fully saturated rings. The maximum atomic E-state index is 10.8. The first kappa shape index (κ1) is 18.0. The third-order valence-electron chi connectivity index (χ3n) is 4.34. The van der Waals surface area contributed by atoms with Gasteiger partial charge in [0, 0.05) is 0 Å². The number of urea groups is 1. The van der Waals surface area contributed by atoms with Gasteiger partial charge >= 0.3 is 6.03 Å². The minimum Gasteiger partial charge on any atom is -0.492 e. The molecule has 0 bridgehead atoms. The Morgan fingerprint density at radius 3 is 2.82 bits per heavy atom. The number of nitrogens with two attached hydrogens (primary N) is 1. The molecule has 1 aliphatic carbocycles. The first-order valence-corrected chi connectivity index (χ1v) is 9.21. The molecule has 3 aromatic rings. The Balaban J connectivity index is 1.41. The summed E-state index contributed by atoms with van der Waals surface area (Å²) < 4.78 is 13.1. The second-order valence-corrected chi connectivity index (χ2v) is 6.96. The van der Waals surface area contributed by atoms with Gasteiger partial charge in [-0.1, -0.05) is 0 Å². The van der Waals surface area contributed by atoms with Crippen molar-refractivity contribution in [3.8, 4) is 23.0 Å². The summed E-state index contributed by atoms with van der Waals surface area (Å²) in [6.45, 7) is 2.85. The molecule has 0 aliphatic heterocycles. The summed E-state index contributed by atoms with van der Waals surface area (Å²) in [5.41, 5.74) is 6.44. The van der Waals surface area contributed by atoms with Crippen LogP contribution in [0.25, 0.3) is 17.2 Å². The van der Waals surface area contributed by atoms with Crippen molar-refractivity contribution in [3.05, 3.63) is 36.7 Å². The minimum absolute atomic E-state index is 0.200. The van der Waals surface area contributed by atoms with E-state index in [1.807, 2.05) is 18.3 Å². The minimum atomic E-state index is -0.580. The van der Waals surface area contributed by atoms with Crippen LogP contribution in [0.4, 0.5) is 4.79 Å². The molecule has 3 N–H and O–H groups in total. The topological polar surface area (TPSA) is 117 Å². The van der Waals surface area contributed by atoms with Gasteiger partial charge in [-0.15, -0.1) is 5.10 Å². The number of amides is 2. The number of rotatable bonds is 8. The highest BCUT2D eigenvalue weighted by Crippen LogP contribution is 2.29. The third-order valence-corrected chi connectivity index (χ3v) is 4.34. The zero-order valence-corrected chi connectivity index (χ0v) is 15.5. The maximum Gasteiger partial charge on any atom is 0.312 e. The molecule has 1 atom stereocenters. The Kier molecular flexibility index (Phi) is 4.96. The number of hydrogen-bond acceptors (Lipinski definition) is 6. The molecule has 1 aliphatic rings. The van der Waals surface area contributed by atoms with E-state index in [2.05, 4.69) is 20.4 Å². The van der Waals surface area contributed by atoms with Crippen LogP contribution in [-0.4, -0.2) is 44.9 Å². The molecular formula is C19H22N6O3. The van der Waals surface area contributed by atoms with Gasteiger partial charge in [-0.05, 0) is 49.9 Å². The van der Waals surface area contributed by atoms with Crippen molar-refractivity contribution in [1.29, 1.82) is 0 Å². The van der Waals surface area contributed by atoms with Crippen molar-refractivity contribution < 1.29 is 14.3 Å². The van der Waals surface area contributed by atoms with E-state index in [1.54, 1.807) is 29.8 Å². The lowest BCUT2D eigenvalue weighted by molar-refractivity contribution is 0.233. The van der Waals surface area contributed by atoms with Crippen LogP contribution in [0.15, 0.2) is 36.7 Å². The molecule has 0 spiro atoms. The second kappa shape index (κ2) is 7.71. The van der Waals surface area contributed by atoms with Crippen molar-refractivity contribution >= 4 is 11.7 Å². The van der Waals surface area contributed by atoms with E-state index in [1.165, 1.54) is 12.8 Å². The van der Waals surface area contributed by atoms with E-state index < -0.39 is 6.03 Å². The number of primary amides is 1. The number of ether oxygens (including phenoxy) is 2. The number of carbonyl (C=O) groups is 1. The molecule has 2 amide bonds. The van der Waals surface area contributed by atoms with Crippen LogP contribution in [0, 0.1) is 5.92 Å². The molecule has 0 radical (unpaired) electrons. The van der Waals surface area contributed by atoms with Gasteiger partial charge in [0.25, 0.3) is 0 Å². The predicted octanol–water partition coefficient (Wildman–Crippen LogP) is 2.02. The van der Waals surface area contributed by atoms with Gasteiger partial charge in [0.2, 0.25) is 5.82 Å². The molecule has 3 heterocycles. The highest BCUT2D eigenvalue weighted by atomic mass is 16.5. The SMILES string of the molecule is C[C@@H](COc1ccc(-c2nc3ccc(OCC4CC4)cn3n2)nc1)NC(N)=O. The van der Waals surface area contributed by atoms with Crippen LogP contribution >= 0.6 is 0 Å². The van der Waals surface area contributed by atoms with Crippen molar-refractivity contribution in [3.63, 3.8) is 0 Å². The van der Waals surface area contributed by atoms with Gasteiger partial charge in [0.1, 0.15) is 23.8 Å². The number of fused-ring (bicyclic) bond motifs is 1. The molecule has 0 aromatic carbocycles. The van der Waals surface area contributed by atoms with Gasteiger partial charge < -0.3 is 20.5 Å². The molecule has 0 saturated heterocycles. The highest BCUT2D eigenvalue weighted by Gasteiger charge is 2.22. The average Bonchev–Trinajstić information content (AvgIpc) is 3.41. The lowest BCUT2D eigenvalue weighted by Crippen LogP contribution is -2.40. The zero-order valence-electron chi connectivity index (χ0n) is 15.5. The third kappa shape index (κ3) is 4.48. The molecule has 1 saturated carbocycles. The molecule has 146 valence electrons. The van der Waals surface area contributed by atoms with Crippen molar-refractivity contribution in [2.45, 2.75) is 25.8 Å². The monoisotopic (exact) mass is 382 g/mol. The number of nitrogens with zero attached hydrogens (tertiary/aromatic N) is 4. The van der Waals surface area contributed by atoms with E-state index in [9.17, 15) is 4.79 Å². The number of carbonyl (C=O) groups excluding carboxylic acids is 1. The van der Waals surface area contributed by atoms with Gasteiger partial charge in [0.05, 0.1) is 25.0 Å². The lowest BCUT2D eigenvalue weighted by Gasteiger charge is -2.13. The summed E-state index contributed by atoms with van der Waals surface area (Å²) in [4.78, 5) is 19.7. The fraction of sp³-hybridized carbons (Fsp3) is 0.368. The maximum absolute atomic E-state index is 10.8. The van der Waals surface area contributed by atoms with E-state index in [0.29, 0.717) is 29.8 Å². The number of pyridine rings is 2. The van der Waals surface area contributed by atoms with Gasteiger partial charge in [-0.25, -0.2) is 19.3 Å². The van der Waals surface area contributed by atoms with Crippen LogP contribution in [-0.2, 0) is 0 Å². The van der Waals surface area contributed by atoms with Crippen molar-refractivity contribution in [2.24, 2.45) is 11.7 Å². The molecular weight excluding hydrogens is 360 g/mol. The van der Waals surface area contributed by atoms with Crippen LogP contribution < -0.4 is 20.5 Å². The Labute approximate surface area is 161 Å². The summed E-state index contributed by atoms with van der Waals surface area (Å²) in [7, 11) is 0. The van der Waals surface area contributed by atoms with Gasteiger partial charge in [-0.2, -0.15) is 0 Å². The Morgan fingerprint density at radius 2 is 2.11 bits per heavy atom. The van der Waals surface area contributed by atoms with Crippen LogP contribution in [0.2, 0.25) is 0 Å². The summed E-state index contributed by atoms with van der Waals surface area (Å²) >= 11 is 0. The van der Waals surface area contributed by atoms with E-state index >= 15 is 0 Å². The quantitative estimate of drug-likeness (QED) is 0.616. The van der Waals surface area contributed by atoms with Crippen LogP contribution in [0.3, 0.4) is 0 Å². The lowest BCUT2D eigenvalue weighted by atomic mass is 10.3. The van der Waals surface area contributed by atoms with Gasteiger partial charge in [-0.3, -0.25) is 0 Å². The smallest absolute Gasteiger partial charge is 0.312 e. The number of hydrogen-bond donors (Lipinski definition) is 2. The highest BCUT2D eigenvalue weighted by molar-refractivity contribution is 5.71. The van der Waals surface area contributed by atoms with Crippen molar-refractivity contribution in [1.82, 2.24) is 24.9 Å². The fourth-order valence-electron chi connectivity index (χ4n) is 2.66. The molecule has 28 heavy (non-hydrogen) atoms. The summed E-state index contributed by atoms with van der Waals surface area (Å²) in [6, 6.07) is 6.58.